The fourth-order valence-electron chi connectivity index (χ4n) is 2.30. The number of hydrogen-bond donors (Lipinski definition) is 1. The molecule has 0 radical (unpaired) electrons. The van der Waals surface area contributed by atoms with Gasteiger partial charge >= 0.3 is 0 Å². The first kappa shape index (κ1) is 17.0. The minimum Gasteiger partial charge on any atom is -0.324 e. The number of carbonyl (C=O) groups is 1. The van der Waals surface area contributed by atoms with Gasteiger partial charge in [-0.2, -0.15) is 0 Å². The van der Waals surface area contributed by atoms with Crippen molar-refractivity contribution in [3.8, 4) is 0 Å². The Bertz CT molecular complexity index is 808. The van der Waals surface area contributed by atoms with Crippen LogP contribution in [0.4, 0.5) is 5.69 Å². The Morgan fingerprint density at radius 3 is 2.08 bits per heavy atom. The Kier molecular flexibility index (Phi) is 5.93. The summed E-state index contributed by atoms with van der Waals surface area (Å²) in [6, 6.07) is 27.7. The van der Waals surface area contributed by atoms with E-state index in [-0.39, 0.29) is 11.2 Å². The molecule has 0 aliphatic heterocycles. The molecule has 120 valence electrons. The summed E-state index contributed by atoms with van der Waals surface area (Å²) in [7, 11) is 0. The van der Waals surface area contributed by atoms with Gasteiger partial charge in [0.2, 0.25) is 5.91 Å². The maximum Gasteiger partial charge on any atom is 0.242 e. The SMILES string of the molecule is O=C(Nc1ccccc1I)[C@H](Sc1ccccc1)c1ccccc1. The van der Waals surface area contributed by atoms with Crippen LogP contribution in [0.15, 0.2) is 89.8 Å². The third kappa shape index (κ3) is 4.39. The van der Waals surface area contributed by atoms with Crippen LogP contribution in [0.5, 0.6) is 0 Å². The molecule has 0 aliphatic rings. The van der Waals surface area contributed by atoms with E-state index in [9.17, 15) is 4.79 Å². The molecule has 0 heterocycles. The summed E-state index contributed by atoms with van der Waals surface area (Å²) in [6.07, 6.45) is 0. The van der Waals surface area contributed by atoms with Crippen molar-refractivity contribution < 1.29 is 4.79 Å². The minimum absolute atomic E-state index is 0.0147. The molecule has 24 heavy (non-hydrogen) atoms. The molecule has 0 saturated heterocycles. The molecule has 0 fully saturated rings. The molecule has 0 spiro atoms. The molecule has 3 aromatic carbocycles. The van der Waals surface area contributed by atoms with Crippen LogP contribution in [0.25, 0.3) is 0 Å². The molecule has 4 heteroatoms. The van der Waals surface area contributed by atoms with Gasteiger partial charge in [-0.1, -0.05) is 60.7 Å². The van der Waals surface area contributed by atoms with Crippen LogP contribution in [-0.4, -0.2) is 5.91 Å². The molecule has 0 unspecified atom stereocenters. The lowest BCUT2D eigenvalue weighted by Crippen LogP contribution is -2.19. The average molecular weight is 445 g/mol. The lowest BCUT2D eigenvalue weighted by Gasteiger charge is -2.17. The molecule has 0 aliphatic carbocycles. The third-order valence-corrected chi connectivity index (χ3v) is 5.68. The highest BCUT2D eigenvalue weighted by atomic mass is 127. The van der Waals surface area contributed by atoms with Crippen LogP contribution in [0.1, 0.15) is 10.8 Å². The van der Waals surface area contributed by atoms with E-state index in [1.807, 2.05) is 84.9 Å². The second kappa shape index (κ2) is 8.35. The number of halogens is 1. The van der Waals surface area contributed by atoms with Crippen LogP contribution in [0, 0.1) is 3.57 Å². The van der Waals surface area contributed by atoms with Crippen molar-refractivity contribution in [2.75, 3.05) is 5.32 Å². The van der Waals surface area contributed by atoms with E-state index in [0.29, 0.717) is 0 Å². The van der Waals surface area contributed by atoms with Gasteiger partial charge in [-0.3, -0.25) is 4.79 Å². The molecule has 1 atom stereocenters. The van der Waals surface area contributed by atoms with Crippen LogP contribution >= 0.6 is 34.4 Å². The normalized spacial score (nSPS) is 11.7. The van der Waals surface area contributed by atoms with E-state index in [0.717, 1.165) is 19.7 Å². The largest absolute Gasteiger partial charge is 0.324 e. The molecular formula is C20H16INOS. The first-order valence-electron chi connectivity index (χ1n) is 7.56. The molecule has 3 rings (SSSR count). The summed E-state index contributed by atoms with van der Waals surface area (Å²) < 4.78 is 1.03. The van der Waals surface area contributed by atoms with E-state index in [1.165, 1.54) is 0 Å². The van der Waals surface area contributed by atoms with Gasteiger partial charge in [0.05, 0.1) is 5.69 Å². The molecule has 3 aromatic rings. The molecule has 1 N–H and O–H groups in total. The summed E-state index contributed by atoms with van der Waals surface area (Å²) >= 11 is 3.79. The average Bonchev–Trinajstić information content (AvgIpc) is 2.63. The van der Waals surface area contributed by atoms with Crippen molar-refractivity contribution in [1.29, 1.82) is 0 Å². The van der Waals surface area contributed by atoms with E-state index in [4.69, 9.17) is 0 Å². The van der Waals surface area contributed by atoms with Crippen molar-refractivity contribution in [3.63, 3.8) is 0 Å². The fourth-order valence-corrected chi connectivity index (χ4v) is 3.86. The molecule has 0 saturated carbocycles. The number of anilines is 1. The first-order valence-corrected chi connectivity index (χ1v) is 9.52. The summed E-state index contributed by atoms with van der Waals surface area (Å²) in [4.78, 5) is 14.0. The maximum atomic E-state index is 12.9. The molecule has 1 amide bonds. The molecule has 2 nitrogen and oxygen atoms in total. The van der Waals surface area contributed by atoms with Gasteiger partial charge in [0.15, 0.2) is 0 Å². The van der Waals surface area contributed by atoms with Gasteiger partial charge in [0.25, 0.3) is 0 Å². The van der Waals surface area contributed by atoms with Gasteiger partial charge in [-0.05, 0) is 52.4 Å². The standard InChI is InChI=1S/C20H16INOS/c21-17-13-7-8-14-18(17)22-20(23)19(15-9-3-1-4-10-15)24-16-11-5-2-6-12-16/h1-14,19H,(H,22,23)/t19-/m1/s1. The second-order valence-electron chi connectivity index (χ2n) is 5.19. The number of rotatable bonds is 5. The summed E-state index contributed by atoms with van der Waals surface area (Å²) in [6.45, 7) is 0. The van der Waals surface area contributed by atoms with Crippen LogP contribution in [0.2, 0.25) is 0 Å². The van der Waals surface area contributed by atoms with Gasteiger partial charge in [-0.25, -0.2) is 0 Å². The Balaban J connectivity index is 1.87. The number of nitrogens with one attached hydrogen (secondary N) is 1. The Hall–Kier alpha value is -1.79. The highest BCUT2D eigenvalue weighted by Crippen LogP contribution is 2.36. The van der Waals surface area contributed by atoms with Crippen LogP contribution in [-0.2, 0) is 4.79 Å². The van der Waals surface area contributed by atoms with Gasteiger partial charge in [0.1, 0.15) is 5.25 Å². The number of hydrogen-bond acceptors (Lipinski definition) is 2. The summed E-state index contributed by atoms with van der Waals surface area (Å²) in [5, 5.41) is 2.76. The zero-order chi connectivity index (χ0) is 16.8. The zero-order valence-corrected chi connectivity index (χ0v) is 15.8. The van der Waals surface area contributed by atoms with Gasteiger partial charge in [0, 0.05) is 8.47 Å². The van der Waals surface area contributed by atoms with E-state index < -0.39 is 0 Å². The Morgan fingerprint density at radius 1 is 0.833 bits per heavy atom. The van der Waals surface area contributed by atoms with Crippen molar-refractivity contribution >= 4 is 45.9 Å². The third-order valence-electron chi connectivity index (χ3n) is 3.47. The van der Waals surface area contributed by atoms with Crippen molar-refractivity contribution in [2.45, 2.75) is 10.1 Å². The molecule has 0 bridgehead atoms. The fraction of sp³-hybridized carbons (Fsp3) is 0.0500. The van der Waals surface area contributed by atoms with Crippen molar-refractivity contribution in [1.82, 2.24) is 0 Å². The van der Waals surface area contributed by atoms with Crippen molar-refractivity contribution in [3.05, 3.63) is 94.1 Å². The Morgan fingerprint density at radius 2 is 1.42 bits per heavy atom. The lowest BCUT2D eigenvalue weighted by molar-refractivity contribution is -0.115. The first-order chi connectivity index (χ1) is 11.7. The quantitative estimate of drug-likeness (QED) is 0.400. The smallest absolute Gasteiger partial charge is 0.242 e. The van der Waals surface area contributed by atoms with Crippen molar-refractivity contribution in [2.24, 2.45) is 0 Å². The number of carbonyl (C=O) groups excluding carboxylic acids is 1. The minimum atomic E-state index is -0.301. The van der Waals surface area contributed by atoms with E-state index in [2.05, 4.69) is 27.9 Å². The lowest BCUT2D eigenvalue weighted by atomic mass is 10.1. The number of thioether (sulfide) groups is 1. The Labute approximate surface area is 159 Å². The highest BCUT2D eigenvalue weighted by Gasteiger charge is 2.22. The van der Waals surface area contributed by atoms with Gasteiger partial charge < -0.3 is 5.32 Å². The van der Waals surface area contributed by atoms with E-state index in [1.54, 1.807) is 11.8 Å². The van der Waals surface area contributed by atoms with Crippen LogP contribution < -0.4 is 5.32 Å². The highest BCUT2D eigenvalue weighted by molar-refractivity contribution is 14.1. The molecular weight excluding hydrogens is 429 g/mol. The predicted octanol–water partition coefficient (Wildman–Crippen LogP) is 5.76. The van der Waals surface area contributed by atoms with Crippen LogP contribution in [0.3, 0.4) is 0 Å². The van der Waals surface area contributed by atoms with E-state index >= 15 is 0 Å². The number of amides is 1. The zero-order valence-electron chi connectivity index (χ0n) is 12.9. The maximum absolute atomic E-state index is 12.9. The predicted molar refractivity (Wildman–Crippen MR) is 109 cm³/mol. The summed E-state index contributed by atoms with van der Waals surface area (Å²) in [5.41, 5.74) is 1.84. The topological polar surface area (TPSA) is 29.1 Å². The van der Waals surface area contributed by atoms with Gasteiger partial charge in [-0.15, -0.1) is 11.8 Å². The summed E-state index contributed by atoms with van der Waals surface area (Å²) in [5.74, 6) is -0.0147. The second-order valence-corrected chi connectivity index (χ2v) is 7.53. The number of benzene rings is 3. The number of para-hydroxylation sites is 1. The molecule has 0 aromatic heterocycles. The monoisotopic (exact) mass is 445 g/mol.